The van der Waals surface area contributed by atoms with Gasteiger partial charge in [0.1, 0.15) is 0 Å². The number of nitrogens with zero attached hydrogens (tertiary/aromatic N) is 1. The predicted molar refractivity (Wildman–Crippen MR) is 137 cm³/mol. The standard InChI is InChI=1S/C15H21N3.C5H12.3C2H6/c1-5-13(9-15(10(2)16)11(3)17)14-7-6-8-18-12(14)4;1-3-5-4-2;3*1-2/h5-8,16H,9,17H2,1-4H3;3-5H2,1-2H3;3*1-2H3/b13-5-,15-11-,16-10?;;;;. The molecule has 0 aliphatic heterocycles. The van der Waals surface area contributed by atoms with Crippen LogP contribution in [-0.4, -0.2) is 10.7 Å². The molecular formula is C26H51N3. The van der Waals surface area contributed by atoms with Crippen molar-refractivity contribution in [3.05, 3.63) is 46.9 Å². The van der Waals surface area contributed by atoms with Crippen molar-refractivity contribution in [3.8, 4) is 0 Å². The van der Waals surface area contributed by atoms with Crippen molar-refractivity contribution in [1.82, 2.24) is 4.98 Å². The Labute approximate surface area is 183 Å². The first kappa shape index (κ1) is 34.6. The molecule has 170 valence electrons. The third-order valence-corrected chi connectivity index (χ3v) is 3.70. The first-order valence-corrected chi connectivity index (χ1v) is 11.5. The van der Waals surface area contributed by atoms with Gasteiger partial charge in [0, 0.05) is 29.7 Å². The van der Waals surface area contributed by atoms with Gasteiger partial charge in [0.25, 0.3) is 0 Å². The minimum atomic E-state index is 0.524. The van der Waals surface area contributed by atoms with Crippen molar-refractivity contribution in [2.75, 3.05) is 0 Å². The van der Waals surface area contributed by atoms with Gasteiger partial charge in [-0.3, -0.25) is 4.98 Å². The molecule has 3 nitrogen and oxygen atoms in total. The van der Waals surface area contributed by atoms with Crippen LogP contribution in [-0.2, 0) is 0 Å². The van der Waals surface area contributed by atoms with Crippen LogP contribution in [0.2, 0.25) is 0 Å². The lowest BCUT2D eigenvalue weighted by atomic mass is 9.94. The Morgan fingerprint density at radius 3 is 1.79 bits per heavy atom. The summed E-state index contributed by atoms with van der Waals surface area (Å²) in [6.45, 7) is 24.0. The van der Waals surface area contributed by atoms with Crippen LogP contribution in [0.25, 0.3) is 5.57 Å². The molecule has 0 fully saturated rings. The Hall–Kier alpha value is -1.90. The van der Waals surface area contributed by atoms with E-state index in [0.717, 1.165) is 22.4 Å². The molecular weight excluding hydrogens is 354 g/mol. The van der Waals surface area contributed by atoms with Crippen LogP contribution in [0.1, 0.15) is 113 Å². The summed E-state index contributed by atoms with van der Waals surface area (Å²) < 4.78 is 0. The lowest BCUT2D eigenvalue weighted by Crippen LogP contribution is -2.07. The molecule has 0 saturated carbocycles. The van der Waals surface area contributed by atoms with Crippen molar-refractivity contribution in [3.63, 3.8) is 0 Å². The summed E-state index contributed by atoms with van der Waals surface area (Å²) in [5.41, 5.74) is 11.3. The average Bonchev–Trinajstić information content (AvgIpc) is 2.74. The molecule has 0 unspecified atom stereocenters. The Balaban J connectivity index is -0.000000239. The molecule has 0 bridgehead atoms. The molecule has 0 aliphatic carbocycles. The number of pyridine rings is 1. The van der Waals surface area contributed by atoms with E-state index in [1.165, 1.54) is 19.3 Å². The van der Waals surface area contributed by atoms with Crippen LogP contribution in [0.3, 0.4) is 0 Å². The lowest BCUT2D eigenvalue weighted by Gasteiger charge is -2.13. The summed E-state index contributed by atoms with van der Waals surface area (Å²) in [5.74, 6) is 0. The van der Waals surface area contributed by atoms with Crippen molar-refractivity contribution < 1.29 is 0 Å². The Bertz CT molecular complexity index is 549. The largest absolute Gasteiger partial charge is 0.402 e. The van der Waals surface area contributed by atoms with Crippen LogP contribution in [0.4, 0.5) is 0 Å². The predicted octanol–water partition coefficient (Wildman–Crippen LogP) is 8.73. The summed E-state index contributed by atoms with van der Waals surface area (Å²) in [5, 5.41) is 7.79. The van der Waals surface area contributed by atoms with E-state index in [2.05, 4.69) is 31.0 Å². The van der Waals surface area contributed by atoms with E-state index in [9.17, 15) is 0 Å². The minimum Gasteiger partial charge on any atom is -0.402 e. The summed E-state index contributed by atoms with van der Waals surface area (Å²) in [7, 11) is 0. The highest BCUT2D eigenvalue weighted by atomic mass is 14.7. The monoisotopic (exact) mass is 405 g/mol. The van der Waals surface area contributed by atoms with Gasteiger partial charge in [-0.15, -0.1) is 0 Å². The van der Waals surface area contributed by atoms with E-state index in [-0.39, 0.29) is 0 Å². The summed E-state index contributed by atoms with van der Waals surface area (Å²) >= 11 is 0. The Kier molecular flexibility index (Phi) is 31.1. The van der Waals surface area contributed by atoms with Crippen molar-refractivity contribution >= 4 is 11.3 Å². The molecule has 0 radical (unpaired) electrons. The number of nitrogens with two attached hydrogens (primary N) is 1. The second-order valence-corrected chi connectivity index (χ2v) is 5.77. The molecule has 3 heteroatoms. The van der Waals surface area contributed by atoms with Gasteiger partial charge in [-0.25, -0.2) is 0 Å². The molecule has 0 amide bonds. The molecule has 0 aromatic carbocycles. The lowest BCUT2D eigenvalue weighted by molar-refractivity contribution is 0.772. The molecule has 1 rings (SSSR count). The Morgan fingerprint density at radius 2 is 1.52 bits per heavy atom. The second kappa shape index (κ2) is 26.1. The van der Waals surface area contributed by atoms with Crippen LogP contribution in [0.15, 0.2) is 35.7 Å². The van der Waals surface area contributed by atoms with Gasteiger partial charge in [-0.05, 0) is 50.5 Å². The van der Waals surface area contributed by atoms with Crippen LogP contribution in [0, 0.1) is 12.3 Å². The zero-order valence-corrected chi connectivity index (χ0v) is 21.7. The first-order chi connectivity index (χ1) is 13.9. The molecule has 29 heavy (non-hydrogen) atoms. The molecule has 1 aromatic heterocycles. The fourth-order valence-electron chi connectivity index (χ4n) is 2.29. The number of nitrogens with one attached hydrogen (secondary N) is 1. The fourth-order valence-corrected chi connectivity index (χ4v) is 2.29. The fraction of sp³-hybridized carbons (Fsp3) is 0.615. The molecule has 1 aromatic rings. The molecule has 0 spiro atoms. The average molecular weight is 406 g/mol. The van der Waals surface area contributed by atoms with Crippen molar-refractivity contribution in [1.29, 1.82) is 5.41 Å². The van der Waals surface area contributed by atoms with Gasteiger partial charge in [0.2, 0.25) is 0 Å². The maximum Gasteiger partial charge on any atom is 0.0447 e. The topological polar surface area (TPSA) is 62.8 Å². The number of aryl methyl sites for hydroxylation is 1. The number of allylic oxidation sites excluding steroid dienone is 4. The second-order valence-electron chi connectivity index (χ2n) is 5.77. The highest BCUT2D eigenvalue weighted by molar-refractivity contribution is 5.98. The normalized spacial score (nSPS) is 10.3. The third kappa shape index (κ3) is 17.9. The number of hydrogen-bond acceptors (Lipinski definition) is 3. The van der Waals surface area contributed by atoms with E-state index >= 15 is 0 Å². The third-order valence-electron chi connectivity index (χ3n) is 3.70. The van der Waals surface area contributed by atoms with Gasteiger partial charge in [-0.1, -0.05) is 86.8 Å². The smallest absolute Gasteiger partial charge is 0.0447 e. The van der Waals surface area contributed by atoms with E-state index < -0.39 is 0 Å². The molecule has 0 aliphatic rings. The van der Waals surface area contributed by atoms with Crippen molar-refractivity contribution in [2.45, 2.75) is 109 Å². The van der Waals surface area contributed by atoms with E-state index in [0.29, 0.717) is 17.8 Å². The number of rotatable bonds is 6. The number of unbranched alkanes of at least 4 members (excludes halogenated alkanes) is 2. The minimum absolute atomic E-state index is 0.524. The zero-order chi connectivity index (χ0) is 23.8. The van der Waals surface area contributed by atoms with Crippen LogP contribution >= 0.6 is 0 Å². The van der Waals surface area contributed by atoms with Gasteiger partial charge < -0.3 is 11.1 Å². The summed E-state index contributed by atoms with van der Waals surface area (Å²) in [6.07, 6.45) is 8.61. The van der Waals surface area contributed by atoms with Crippen LogP contribution < -0.4 is 5.73 Å². The van der Waals surface area contributed by atoms with Gasteiger partial charge in [0.05, 0.1) is 0 Å². The van der Waals surface area contributed by atoms with Crippen LogP contribution in [0.5, 0.6) is 0 Å². The highest BCUT2D eigenvalue weighted by Gasteiger charge is 2.10. The van der Waals surface area contributed by atoms with Gasteiger partial charge >= 0.3 is 0 Å². The quantitative estimate of drug-likeness (QED) is 0.465. The molecule has 0 atom stereocenters. The molecule has 3 N–H and O–H groups in total. The maximum atomic E-state index is 7.79. The maximum absolute atomic E-state index is 7.79. The Morgan fingerprint density at radius 1 is 1.03 bits per heavy atom. The van der Waals surface area contributed by atoms with E-state index in [1.54, 1.807) is 13.1 Å². The molecule has 0 saturated heterocycles. The summed E-state index contributed by atoms with van der Waals surface area (Å²) in [6, 6.07) is 3.99. The van der Waals surface area contributed by atoms with E-state index in [4.69, 9.17) is 11.1 Å². The van der Waals surface area contributed by atoms with Crippen molar-refractivity contribution in [2.24, 2.45) is 5.73 Å². The molecule has 1 heterocycles. The van der Waals surface area contributed by atoms with Gasteiger partial charge in [0.15, 0.2) is 0 Å². The van der Waals surface area contributed by atoms with Gasteiger partial charge in [-0.2, -0.15) is 0 Å². The van der Waals surface area contributed by atoms with E-state index in [1.807, 2.05) is 68.4 Å². The summed E-state index contributed by atoms with van der Waals surface area (Å²) in [4.78, 5) is 4.30. The number of hydrogen-bond donors (Lipinski definition) is 2. The first-order valence-electron chi connectivity index (χ1n) is 11.5. The zero-order valence-electron chi connectivity index (χ0n) is 21.7. The SMILES string of the molecule is C/C=C(/C/C(C(C)=N)=C(\C)N)c1cccnc1C.CC.CC.CC.CCCCC. The highest BCUT2D eigenvalue weighted by Crippen LogP contribution is 2.25. The number of aromatic nitrogens is 1.